The van der Waals surface area contributed by atoms with E-state index in [0.717, 1.165) is 28.6 Å². The third kappa shape index (κ3) is 5.75. The summed E-state index contributed by atoms with van der Waals surface area (Å²) >= 11 is 0. The van der Waals surface area contributed by atoms with Crippen LogP contribution < -0.4 is 20.1 Å². The first kappa shape index (κ1) is 22.1. The first-order valence-electron chi connectivity index (χ1n) is 10.5. The number of aliphatic imine (C=N–C) groups is 1. The first-order chi connectivity index (χ1) is 15.2. The number of nitrogens with one attached hydrogen (secondary N) is 2. The van der Waals surface area contributed by atoms with E-state index in [1.54, 1.807) is 13.4 Å². The van der Waals surface area contributed by atoms with Crippen LogP contribution in [0.1, 0.15) is 38.2 Å². The Bertz CT molecular complexity index is 987. The van der Waals surface area contributed by atoms with Gasteiger partial charge in [-0.15, -0.1) is 10.2 Å². The molecule has 0 saturated carbocycles. The molecular formula is C23H30N6O2. The maximum Gasteiger partial charge on any atom is 0.191 e. The van der Waals surface area contributed by atoms with Crippen LogP contribution in [-0.2, 0) is 6.54 Å². The predicted octanol–water partition coefficient (Wildman–Crippen LogP) is 3.49. The van der Waals surface area contributed by atoms with E-state index in [9.17, 15) is 0 Å². The van der Waals surface area contributed by atoms with Gasteiger partial charge in [0.05, 0.1) is 25.8 Å². The van der Waals surface area contributed by atoms with E-state index < -0.39 is 0 Å². The number of rotatable bonds is 9. The number of benzene rings is 2. The summed E-state index contributed by atoms with van der Waals surface area (Å²) in [6.45, 7) is 7.65. The van der Waals surface area contributed by atoms with Crippen LogP contribution in [0.15, 0.2) is 59.9 Å². The number of hydrogen-bond donors (Lipinski definition) is 2. The molecule has 0 spiro atoms. The molecule has 1 aromatic heterocycles. The Labute approximate surface area is 183 Å². The quantitative estimate of drug-likeness (QED) is 0.406. The fourth-order valence-electron chi connectivity index (χ4n) is 3.17. The van der Waals surface area contributed by atoms with Crippen LogP contribution in [0.4, 0.5) is 0 Å². The van der Waals surface area contributed by atoms with E-state index >= 15 is 0 Å². The molecule has 8 nitrogen and oxygen atoms in total. The molecule has 0 aliphatic heterocycles. The van der Waals surface area contributed by atoms with E-state index in [0.29, 0.717) is 25.7 Å². The molecule has 0 bridgehead atoms. The molecule has 0 amide bonds. The summed E-state index contributed by atoms with van der Waals surface area (Å²) in [7, 11) is 1.74. The molecule has 8 heteroatoms. The van der Waals surface area contributed by atoms with Crippen molar-refractivity contribution in [2.24, 2.45) is 4.99 Å². The summed E-state index contributed by atoms with van der Waals surface area (Å²) in [5, 5.41) is 15.0. The molecule has 31 heavy (non-hydrogen) atoms. The van der Waals surface area contributed by atoms with Crippen LogP contribution in [0.5, 0.6) is 11.5 Å². The monoisotopic (exact) mass is 422 g/mol. The number of aromatic nitrogens is 3. The summed E-state index contributed by atoms with van der Waals surface area (Å²) in [6.07, 6.45) is 1.71. The Morgan fingerprint density at radius 3 is 2.52 bits per heavy atom. The topological polar surface area (TPSA) is 85.6 Å². The summed E-state index contributed by atoms with van der Waals surface area (Å²) < 4.78 is 13.4. The van der Waals surface area contributed by atoms with Crippen molar-refractivity contribution in [2.45, 2.75) is 33.4 Å². The van der Waals surface area contributed by atoms with E-state index in [1.165, 1.54) is 0 Å². The smallest absolute Gasteiger partial charge is 0.191 e. The second-order valence-electron chi connectivity index (χ2n) is 6.82. The normalized spacial score (nSPS) is 12.3. The van der Waals surface area contributed by atoms with Gasteiger partial charge in [0.1, 0.15) is 6.33 Å². The lowest BCUT2D eigenvalue weighted by molar-refractivity contribution is 0.287. The van der Waals surface area contributed by atoms with Crippen molar-refractivity contribution in [1.82, 2.24) is 25.4 Å². The number of hydrogen-bond acceptors (Lipinski definition) is 5. The molecule has 1 unspecified atom stereocenters. The summed E-state index contributed by atoms with van der Waals surface area (Å²) in [6, 6.07) is 16.0. The van der Waals surface area contributed by atoms with Crippen LogP contribution in [0.3, 0.4) is 0 Å². The van der Waals surface area contributed by atoms with Crippen molar-refractivity contribution in [3.63, 3.8) is 0 Å². The molecule has 0 radical (unpaired) electrons. The predicted molar refractivity (Wildman–Crippen MR) is 122 cm³/mol. The molecule has 1 heterocycles. The largest absolute Gasteiger partial charge is 0.490 e. The second kappa shape index (κ2) is 11.0. The second-order valence-corrected chi connectivity index (χ2v) is 6.82. The van der Waals surface area contributed by atoms with Gasteiger partial charge >= 0.3 is 0 Å². The van der Waals surface area contributed by atoms with Gasteiger partial charge in [0.25, 0.3) is 0 Å². The van der Waals surface area contributed by atoms with E-state index in [1.807, 2.05) is 66.9 Å². The molecular weight excluding hydrogens is 392 g/mol. The van der Waals surface area contributed by atoms with Gasteiger partial charge in [-0.25, -0.2) is 0 Å². The number of guanidine groups is 1. The standard InChI is InChI=1S/C23H30N6O2/c1-5-30-20-13-12-18(14-21(20)31-6-2)17(3)27-23(24-4)25-15-22-28-26-16-29(22)19-10-8-7-9-11-19/h7-14,16-17H,5-6,15H2,1-4H3,(H2,24,25,27). The van der Waals surface area contributed by atoms with Gasteiger partial charge in [0, 0.05) is 12.7 Å². The minimum Gasteiger partial charge on any atom is -0.490 e. The van der Waals surface area contributed by atoms with Gasteiger partial charge in [0.2, 0.25) is 0 Å². The van der Waals surface area contributed by atoms with Gasteiger partial charge in [-0.05, 0) is 50.6 Å². The maximum absolute atomic E-state index is 5.75. The highest BCUT2D eigenvalue weighted by molar-refractivity contribution is 5.80. The van der Waals surface area contributed by atoms with E-state index in [2.05, 4.69) is 32.7 Å². The van der Waals surface area contributed by atoms with Crippen molar-refractivity contribution in [1.29, 1.82) is 0 Å². The van der Waals surface area contributed by atoms with Gasteiger partial charge in [0.15, 0.2) is 23.3 Å². The fraction of sp³-hybridized carbons (Fsp3) is 0.348. The highest BCUT2D eigenvalue weighted by Gasteiger charge is 2.13. The summed E-state index contributed by atoms with van der Waals surface area (Å²) in [5.41, 5.74) is 2.08. The van der Waals surface area contributed by atoms with Crippen LogP contribution in [0.2, 0.25) is 0 Å². The lowest BCUT2D eigenvalue weighted by atomic mass is 10.1. The zero-order valence-electron chi connectivity index (χ0n) is 18.5. The Morgan fingerprint density at radius 2 is 1.81 bits per heavy atom. The Hall–Kier alpha value is -3.55. The molecule has 0 aliphatic rings. The fourth-order valence-corrected chi connectivity index (χ4v) is 3.17. The zero-order chi connectivity index (χ0) is 22.1. The van der Waals surface area contributed by atoms with E-state index in [-0.39, 0.29) is 6.04 Å². The van der Waals surface area contributed by atoms with Crippen molar-refractivity contribution in [2.75, 3.05) is 20.3 Å². The zero-order valence-corrected chi connectivity index (χ0v) is 18.5. The Kier molecular flexibility index (Phi) is 7.86. The molecule has 164 valence electrons. The van der Waals surface area contributed by atoms with Gasteiger partial charge < -0.3 is 20.1 Å². The minimum absolute atomic E-state index is 0.00748. The highest BCUT2D eigenvalue weighted by atomic mass is 16.5. The average molecular weight is 423 g/mol. The molecule has 0 fully saturated rings. The summed E-state index contributed by atoms with van der Waals surface area (Å²) in [5.74, 6) is 2.96. The molecule has 1 atom stereocenters. The SMILES string of the molecule is CCOc1ccc(C(C)NC(=NC)NCc2nncn2-c2ccccc2)cc1OCC. The van der Waals surface area contributed by atoms with Crippen molar-refractivity contribution in [3.05, 3.63) is 66.2 Å². The lowest BCUT2D eigenvalue weighted by Crippen LogP contribution is -2.38. The Morgan fingerprint density at radius 1 is 1.06 bits per heavy atom. The van der Waals surface area contributed by atoms with Crippen LogP contribution in [0, 0.1) is 0 Å². The minimum atomic E-state index is 0.00748. The third-order valence-electron chi connectivity index (χ3n) is 4.71. The molecule has 0 aliphatic carbocycles. The highest BCUT2D eigenvalue weighted by Crippen LogP contribution is 2.30. The van der Waals surface area contributed by atoms with Gasteiger partial charge in [-0.3, -0.25) is 9.56 Å². The van der Waals surface area contributed by atoms with Crippen molar-refractivity contribution in [3.8, 4) is 17.2 Å². The summed E-state index contributed by atoms with van der Waals surface area (Å²) in [4.78, 5) is 4.34. The van der Waals surface area contributed by atoms with Gasteiger partial charge in [-0.1, -0.05) is 24.3 Å². The van der Waals surface area contributed by atoms with Crippen LogP contribution in [0.25, 0.3) is 5.69 Å². The number of ether oxygens (including phenoxy) is 2. The molecule has 2 N–H and O–H groups in total. The maximum atomic E-state index is 5.75. The molecule has 3 rings (SSSR count). The van der Waals surface area contributed by atoms with Crippen LogP contribution >= 0.6 is 0 Å². The third-order valence-corrected chi connectivity index (χ3v) is 4.71. The van der Waals surface area contributed by atoms with Crippen molar-refractivity contribution < 1.29 is 9.47 Å². The average Bonchev–Trinajstić information content (AvgIpc) is 3.27. The lowest BCUT2D eigenvalue weighted by Gasteiger charge is -2.20. The van der Waals surface area contributed by atoms with Crippen LogP contribution in [-0.4, -0.2) is 41.0 Å². The molecule has 3 aromatic rings. The van der Waals surface area contributed by atoms with Crippen molar-refractivity contribution >= 4 is 5.96 Å². The molecule has 0 saturated heterocycles. The van der Waals surface area contributed by atoms with E-state index in [4.69, 9.17) is 9.47 Å². The molecule has 2 aromatic carbocycles. The first-order valence-corrected chi connectivity index (χ1v) is 10.5. The van der Waals surface area contributed by atoms with Gasteiger partial charge in [-0.2, -0.15) is 0 Å². The Balaban J connectivity index is 1.66. The number of para-hydroxylation sites is 1. The number of nitrogens with zero attached hydrogens (tertiary/aromatic N) is 4.